The topological polar surface area (TPSA) is 75.5 Å². The van der Waals surface area contributed by atoms with Crippen molar-refractivity contribution < 1.29 is 14.6 Å². The summed E-state index contributed by atoms with van der Waals surface area (Å²) < 4.78 is 5.33. The highest BCUT2D eigenvalue weighted by molar-refractivity contribution is 5.68. The molecule has 0 aliphatic carbocycles. The van der Waals surface area contributed by atoms with Gasteiger partial charge in [-0.15, -0.1) is 0 Å². The SMILES string of the molecule is CCCc1cc(N2CCC(OCC(=O)O)CC2)ncn1. The van der Waals surface area contributed by atoms with Crippen molar-refractivity contribution in [1.29, 1.82) is 0 Å². The Morgan fingerprint density at radius 2 is 2.20 bits per heavy atom. The van der Waals surface area contributed by atoms with Crippen LogP contribution in [-0.4, -0.2) is 46.8 Å². The molecule has 0 bridgehead atoms. The van der Waals surface area contributed by atoms with E-state index in [2.05, 4.69) is 21.8 Å². The summed E-state index contributed by atoms with van der Waals surface area (Å²) in [4.78, 5) is 21.3. The zero-order chi connectivity index (χ0) is 14.4. The number of carbonyl (C=O) groups is 1. The molecule has 1 aliphatic heterocycles. The van der Waals surface area contributed by atoms with E-state index in [9.17, 15) is 4.79 Å². The predicted octanol–water partition coefficient (Wildman–Crippen LogP) is 1.50. The number of hydrogen-bond acceptors (Lipinski definition) is 5. The maximum atomic E-state index is 10.5. The van der Waals surface area contributed by atoms with E-state index in [-0.39, 0.29) is 12.7 Å². The van der Waals surface area contributed by atoms with Crippen LogP contribution in [0.15, 0.2) is 12.4 Å². The molecule has 0 radical (unpaired) electrons. The lowest BCUT2D eigenvalue weighted by molar-refractivity contribution is -0.144. The highest BCUT2D eigenvalue weighted by Crippen LogP contribution is 2.20. The number of nitrogens with zero attached hydrogens (tertiary/aromatic N) is 3. The van der Waals surface area contributed by atoms with Crippen molar-refractivity contribution in [3.8, 4) is 0 Å². The van der Waals surface area contributed by atoms with Crippen molar-refractivity contribution in [2.24, 2.45) is 0 Å². The van der Waals surface area contributed by atoms with Crippen LogP contribution in [0.2, 0.25) is 0 Å². The molecule has 6 nitrogen and oxygen atoms in total. The lowest BCUT2D eigenvalue weighted by Crippen LogP contribution is -2.38. The molecule has 0 aromatic carbocycles. The van der Waals surface area contributed by atoms with Gasteiger partial charge in [0.05, 0.1) is 6.10 Å². The number of aliphatic carboxylic acids is 1. The molecular weight excluding hydrogens is 258 g/mol. The molecule has 1 aliphatic rings. The second-order valence-corrected chi connectivity index (χ2v) is 5.01. The van der Waals surface area contributed by atoms with E-state index < -0.39 is 5.97 Å². The first kappa shape index (κ1) is 14.7. The van der Waals surface area contributed by atoms with Gasteiger partial charge in [-0.2, -0.15) is 0 Å². The zero-order valence-electron chi connectivity index (χ0n) is 11.8. The summed E-state index contributed by atoms with van der Waals surface area (Å²) in [5, 5.41) is 8.60. The Morgan fingerprint density at radius 1 is 1.45 bits per heavy atom. The molecule has 0 saturated carbocycles. The second kappa shape index (κ2) is 7.19. The summed E-state index contributed by atoms with van der Waals surface area (Å²) in [6.45, 7) is 3.60. The summed E-state index contributed by atoms with van der Waals surface area (Å²) in [6, 6.07) is 2.04. The summed E-state index contributed by atoms with van der Waals surface area (Å²) in [5.74, 6) is 0.0487. The van der Waals surface area contributed by atoms with Crippen LogP contribution in [0.5, 0.6) is 0 Å². The van der Waals surface area contributed by atoms with Crippen LogP contribution in [0, 0.1) is 0 Å². The Bertz CT molecular complexity index is 445. The number of piperidine rings is 1. The number of rotatable bonds is 6. The highest BCUT2D eigenvalue weighted by Gasteiger charge is 2.21. The molecule has 1 N–H and O–H groups in total. The standard InChI is InChI=1S/C14H21N3O3/c1-2-3-11-8-13(16-10-15-11)17-6-4-12(5-7-17)20-9-14(18)19/h8,10,12H,2-7,9H2,1H3,(H,18,19). The third kappa shape index (κ3) is 4.16. The maximum absolute atomic E-state index is 10.5. The van der Waals surface area contributed by atoms with Gasteiger partial charge in [-0.05, 0) is 19.3 Å². The fraction of sp³-hybridized carbons (Fsp3) is 0.643. The van der Waals surface area contributed by atoms with Crippen LogP contribution in [-0.2, 0) is 16.0 Å². The number of hydrogen-bond donors (Lipinski definition) is 1. The molecule has 1 aromatic heterocycles. The van der Waals surface area contributed by atoms with Crippen LogP contribution in [0.4, 0.5) is 5.82 Å². The Hall–Kier alpha value is -1.69. The maximum Gasteiger partial charge on any atom is 0.329 e. The van der Waals surface area contributed by atoms with Crippen molar-refractivity contribution in [3.63, 3.8) is 0 Å². The quantitative estimate of drug-likeness (QED) is 0.850. The predicted molar refractivity (Wildman–Crippen MR) is 74.8 cm³/mol. The van der Waals surface area contributed by atoms with Crippen LogP contribution in [0.25, 0.3) is 0 Å². The summed E-state index contributed by atoms with van der Waals surface area (Å²) >= 11 is 0. The van der Waals surface area contributed by atoms with Crippen LogP contribution in [0.1, 0.15) is 31.9 Å². The third-order valence-corrected chi connectivity index (χ3v) is 3.42. The number of carboxylic acid groups (broad SMARTS) is 1. The van der Waals surface area contributed by atoms with Crippen LogP contribution in [0.3, 0.4) is 0 Å². The van der Waals surface area contributed by atoms with E-state index >= 15 is 0 Å². The van der Waals surface area contributed by atoms with Crippen molar-refractivity contribution in [2.45, 2.75) is 38.7 Å². The fourth-order valence-corrected chi connectivity index (χ4v) is 2.39. The van der Waals surface area contributed by atoms with Gasteiger partial charge in [-0.1, -0.05) is 13.3 Å². The Morgan fingerprint density at radius 3 is 2.85 bits per heavy atom. The number of aromatic nitrogens is 2. The molecule has 110 valence electrons. The number of ether oxygens (including phenoxy) is 1. The van der Waals surface area contributed by atoms with Gasteiger partial charge in [0.1, 0.15) is 18.8 Å². The van der Waals surface area contributed by atoms with E-state index in [1.807, 2.05) is 6.07 Å². The molecule has 0 unspecified atom stereocenters. The molecular formula is C14H21N3O3. The van der Waals surface area contributed by atoms with Gasteiger partial charge in [0.2, 0.25) is 0 Å². The van der Waals surface area contributed by atoms with Gasteiger partial charge < -0.3 is 14.7 Å². The summed E-state index contributed by atoms with van der Waals surface area (Å²) in [5.41, 5.74) is 1.07. The van der Waals surface area contributed by atoms with Gasteiger partial charge in [-0.25, -0.2) is 14.8 Å². The van der Waals surface area contributed by atoms with E-state index in [0.717, 1.165) is 50.3 Å². The van der Waals surface area contributed by atoms with E-state index in [0.29, 0.717) is 0 Å². The molecule has 6 heteroatoms. The smallest absolute Gasteiger partial charge is 0.329 e. The van der Waals surface area contributed by atoms with Gasteiger partial charge in [0, 0.05) is 24.8 Å². The van der Waals surface area contributed by atoms with Crippen molar-refractivity contribution in [2.75, 3.05) is 24.6 Å². The van der Waals surface area contributed by atoms with Crippen molar-refractivity contribution >= 4 is 11.8 Å². The number of aryl methyl sites for hydroxylation is 1. The molecule has 0 atom stereocenters. The zero-order valence-corrected chi connectivity index (χ0v) is 11.8. The molecule has 1 aromatic rings. The Balaban J connectivity index is 1.86. The van der Waals surface area contributed by atoms with E-state index in [4.69, 9.17) is 9.84 Å². The van der Waals surface area contributed by atoms with Gasteiger partial charge in [-0.3, -0.25) is 0 Å². The third-order valence-electron chi connectivity index (χ3n) is 3.42. The molecule has 2 rings (SSSR count). The second-order valence-electron chi connectivity index (χ2n) is 5.01. The minimum Gasteiger partial charge on any atom is -0.480 e. The fourth-order valence-electron chi connectivity index (χ4n) is 2.39. The average molecular weight is 279 g/mol. The first-order valence-electron chi connectivity index (χ1n) is 7.08. The monoisotopic (exact) mass is 279 g/mol. The number of anilines is 1. The first-order valence-corrected chi connectivity index (χ1v) is 7.08. The first-order chi connectivity index (χ1) is 9.69. The Kier molecular flexibility index (Phi) is 5.29. The van der Waals surface area contributed by atoms with Crippen molar-refractivity contribution in [1.82, 2.24) is 9.97 Å². The minimum absolute atomic E-state index is 0.0410. The van der Waals surface area contributed by atoms with Gasteiger partial charge in [0.25, 0.3) is 0 Å². The lowest BCUT2D eigenvalue weighted by atomic mass is 10.1. The molecule has 1 fully saturated rings. The molecule has 0 amide bonds. The largest absolute Gasteiger partial charge is 0.480 e. The summed E-state index contributed by atoms with van der Waals surface area (Å²) in [6.07, 6.45) is 5.36. The van der Waals surface area contributed by atoms with Crippen LogP contribution >= 0.6 is 0 Å². The molecule has 2 heterocycles. The minimum atomic E-state index is -0.910. The molecule has 20 heavy (non-hydrogen) atoms. The Labute approximate surface area is 118 Å². The lowest BCUT2D eigenvalue weighted by Gasteiger charge is -2.32. The van der Waals surface area contributed by atoms with Gasteiger partial charge >= 0.3 is 5.97 Å². The highest BCUT2D eigenvalue weighted by atomic mass is 16.5. The van der Waals surface area contributed by atoms with E-state index in [1.165, 1.54) is 0 Å². The molecule has 1 saturated heterocycles. The van der Waals surface area contributed by atoms with Gasteiger partial charge in [0.15, 0.2) is 0 Å². The van der Waals surface area contributed by atoms with Crippen LogP contribution < -0.4 is 4.90 Å². The number of carboxylic acids is 1. The normalized spacial score (nSPS) is 16.4. The van der Waals surface area contributed by atoms with E-state index in [1.54, 1.807) is 6.33 Å². The summed E-state index contributed by atoms with van der Waals surface area (Å²) in [7, 11) is 0. The average Bonchev–Trinajstić information content (AvgIpc) is 2.46. The molecule has 0 spiro atoms. The van der Waals surface area contributed by atoms with Crippen molar-refractivity contribution in [3.05, 3.63) is 18.1 Å².